The van der Waals surface area contributed by atoms with Crippen LogP contribution in [0.4, 0.5) is 0 Å². The molecule has 1 N–H and O–H groups in total. The van der Waals surface area contributed by atoms with Crippen molar-refractivity contribution in [2.75, 3.05) is 0 Å². The van der Waals surface area contributed by atoms with Gasteiger partial charge in [0.2, 0.25) is 0 Å². The Morgan fingerprint density at radius 2 is 2.20 bits per heavy atom. The average Bonchev–Trinajstić information content (AvgIpc) is 2.12. The van der Waals surface area contributed by atoms with Gasteiger partial charge in [0, 0.05) is 6.42 Å². The standard InChI is InChI=1S/C11H18O4/c1-4-5-7-10(12)8-6-9(13-7)15-11(2,3)14-8/h4,7-10,12H,1,5-6H2,2-3H3/t7-,8+,9-,10+/m1/s1. The van der Waals surface area contributed by atoms with Gasteiger partial charge < -0.3 is 19.3 Å². The number of hydrogen-bond acceptors (Lipinski definition) is 4. The van der Waals surface area contributed by atoms with E-state index in [4.69, 9.17) is 14.2 Å². The smallest absolute Gasteiger partial charge is 0.166 e. The van der Waals surface area contributed by atoms with Crippen LogP contribution in [0.3, 0.4) is 0 Å². The van der Waals surface area contributed by atoms with E-state index in [1.165, 1.54) is 0 Å². The normalized spacial score (nSPS) is 43.7. The molecule has 86 valence electrons. The molecule has 4 nitrogen and oxygen atoms in total. The first-order valence-electron chi connectivity index (χ1n) is 5.32. The summed E-state index contributed by atoms with van der Waals surface area (Å²) in [5.74, 6) is -0.673. The summed E-state index contributed by atoms with van der Waals surface area (Å²) in [7, 11) is 0. The molecule has 0 spiro atoms. The maximum absolute atomic E-state index is 9.99. The fourth-order valence-corrected chi connectivity index (χ4v) is 2.16. The van der Waals surface area contributed by atoms with Crippen molar-refractivity contribution in [2.45, 2.75) is 57.1 Å². The van der Waals surface area contributed by atoms with E-state index in [1.54, 1.807) is 6.08 Å². The van der Waals surface area contributed by atoms with E-state index in [0.717, 1.165) is 0 Å². The Morgan fingerprint density at radius 1 is 1.47 bits per heavy atom. The molecule has 0 unspecified atom stereocenters. The fraction of sp³-hybridized carbons (Fsp3) is 0.818. The van der Waals surface area contributed by atoms with Crippen molar-refractivity contribution in [2.24, 2.45) is 0 Å². The van der Waals surface area contributed by atoms with Gasteiger partial charge in [0.1, 0.15) is 6.10 Å². The SMILES string of the molecule is C=CC[C@H]1O[C@H]2C[C@H](OC(C)(C)O2)[C@H]1O. The zero-order valence-corrected chi connectivity index (χ0v) is 9.18. The van der Waals surface area contributed by atoms with Crippen molar-refractivity contribution in [3.8, 4) is 0 Å². The van der Waals surface area contributed by atoms with Crippen molar-refractivity contribution >= 4 is 0 Å². The van der Waals surface area contributed by atoms with E-state index < -0.39 is 11.9 Å². The van der Waals surface area contributed by atoms with E-state index in [-0.39, 0.29) is 18.5 Å². The van der Waals surface area contributed by atoms with Gasteiger partial charge in [-0.3, -0.25) is 0 Å². The third-order valence-electron chi connectivity index (χ3n) is 2.76. The molecule has 0 saturated carbocycles. The Kier molecular flexibility index (Phi) is 2.85. The molecule has 15 heavy (non-hydrogen) atoms. The summed E-state index contributed by atoms with van der Waals surface area (Å²) in [4.78, 5) is 0. The van der Waals surface area contributed by atoms with E-state index in [9.17, 15) is 5.11 Å². The van der Waals surface area contributed by atoms with E-state index in [0.29, 0.717) is 12.8 Å². The predicted molar refractivity (Wildman–Crippen MR) is 54.1 cm³/mol. The van der Waals surface area contributed by atoms with Crippen molar-refractivity contribution in [3.05, 3.63) is 12.7 Å². The highest BCUT2D eigenvalue weighted by molar-refractivity contribution is 4.91. The van der Waals surface area contributed by atoms with Crippen molar-refractivity contribution < 1.29 is 19.3 Å². The van der Waals surface area contributed by atoms with Gasteiger partial charge in [-0.25, -0.2) is 0 Å². The van der Waals surface area contributed by atoms with Crippen LogP contribution in [0, 0.1) is 0 Å². The first kappa shape index (κ1) is 11.1. The quantitative estimate of drug-likeness (QED) is 0.701. The number of aliphatic hydroxyl groups excluding tert-OH is 1. The molecule has 2 aliphatic heterocycles. The van der Waals surface area contributed by atoms with Gasteiger partial charge in [0.25, 0.3) is 0 Å². The first-order chi connectivity index (χ1) is 7.02. The highest BCUT2D eigenvalue weighted by Crippen LogP contribution is 2.35. The fourth-order valence-electron chi connectivity index (χ4n) is 2.16. The molecule has 0 aromatic heterocycles. The topological polar surface area (TPSA) is 47.9 Å². The average molecular weight is 214 g/mol. The molecule has 2 saturated heterocycles. The molecular formula is C11H18O4. The number of ether oxygens (including phenoxy) is 3. The molecule has 2 heterocycles. The molecule has 4 heteroatoms. The molecule has 0 amide bonds. The summed E-state index contributed by atoms with van der Waals surface area (Å²) < 4.78 is 16.8. The minimum atomic E-state index is -0.673. The maximum Gasteiger partial charge on any atom is 0.166 e. The van der Waals surface area contributed by atoms with Crippen LogP contribution in [0.15, 0.2) is 12.7 Å². The second kappa shape index (κ2) is 3.87. The molecule has 0 aromatic rings. The van der Waals surface area contributed by atoms with Gasteiger partial charge in [0.15, 0.2) is 12.1 Å². The Labute approximate surface area is 89.8 Å². The Bertz CT molecular complexity index is 251. The van der Waals surface area contributed by atoms with Crippen LogP contribution in [-0.4, -0.2) is 35.5 Å². The first-order valence-corrected chi connectivity index (χ1v) is 5.32. The molecule has 0 aromatic carbocycles. The molecule has 2 fully saturated rings. The molecule has 0 aliphatic carbocycles. The third kappa shape index (κ3) is 2.23. The van der Waals surface area contributed by atoms with Crippen LogP contribution in [0.2, 0.25) is 0 Å². The second-order valence-electron chi connectivity index (χ2n) is 4.53. The van der Waals surface area contributed by atoms with Crippen molar-refractivity contribution in [1.29, 1.82) is 0 Å². The zero-order chi connectivity index (χ0) is 11.1. The summed E-state index contributed by atoms with van der Waals surface area (Å²) in [6, 6.07) is 0. The number of aliphatic hydroxyl groups is 1. The van der Waals surface area contributed by atoms with Crippen LogP contribution < -0.4 is 0 Å². The lowest BCUT2D eigenvalue weighted by atomic mass is 9.97. The van der Waals surface area contributed by atoms with Crippen LogP contribution in [0.25, 0.3) is 0 Å². The highest BCUT2D eigenvalue weighted by Gasteiger charge is 2.46. The summed E-state index contributed by atoms with van der Waals surface area (Å²) in [6.07, 6.45) is 1.62. The molecule has 2 rings (SSSR count). The van der Waals surface area contributed by atoms with Crippen molar-refractivity contribution in [3.63, 3.8) is 0 Å². The lowest BCUT2D eigenvalue weighted by Crippen LogP contribution is -2.58. The van der Waals surface area contributed by atoms with Gasteiger partial charge in [-0.1, -0.05) is 6.08 Å². The number of hydrogen-bond donors (Lipinski definition) is 1. The van der Waals surface area contributed by atoms with Gasteiger partial charge >= 0.3 is 0 Å². The Morgan fingerprint density at radius 3 is 2.87 bits per heavy atom. The van der Waals surface area contributed by atoms with E-state index in [2.05, 4.69) is 6.58 Å². The molecule has 4 atom stereocenters. The minimum absolute atomic E-state index is 0.197. The Hall–Kier alpha value is -0.420. The largest absolute Gasteiger partial charge is 0.388 e. The second-order valence-corrected chi connectivity index (χ2v) is 4.53. The highest BCUT2D eigenvalue weighted by atomic mass is 16.8. The van der Waals surface area contributed by atoms with Crippen LogP contribution in [-0.2, 0) is 14.2 Å². The molecule has 0 radical (unpaired) electrons. The van der Waals surface area contributed by atoms with Crippen molar-refractivity contribution in [1.82, 2.24) is 0 Å². The van der Waals surface area contributed by atoms with E-state index in [1.807, 2.05) is 13.8 Å². The van der Waals surface area contributed by atoms with E-state index >= 15 is 0 Å². The molecular weight excluding hydrogens is 196 g/mol. The van der Waals surface area contributed by atoms with Gasteiger partial charge in [-0.2, -0.15) is 0 Å². The summed E-state index contributed by atoms with van der Waals surface area (Å²) >= 11 is 0. The lowest BCUT2D eigenvalue weighted by molar-refractivity contribution is -0.399. The zero-order valence-electron chi connectivity index (χ0n) is 9.18. The number of rotatable bonds is 2. The monoisotopic (exact) mass is 214 g/mol. The lowest BCUT2D eigenvalue weighted by Gasteiger charge is -2.48. The summed E-state index contributed by atoms with van der Waals surface area (Å²) in [5.41, 5.74) is 0. The minimum Gasteiger partial charge on any atom is -0.388 e. The predicted octanol–water partition coefficient (Wildman–Crippen LogP) is 1.19. The summed E-state index contributed by atoms with van der Waals surface area (Å²) in [5, 5.41) is 9.99. The van der Waals surface area contributed by atoms with Crippen LogP contribution in [0.5, 0.6) is 0 Å². The number of fused-ring (bicyclic) bond motifs is 2. The van der Waals surface area contributed by atoms with Gasteiger partial charge in [0.05, 0.1) is 12.2 Å². The van der Waals surface area contributed by atoms with Gasteiger partial charge in [-0.15, -0.1) is 6.58 Å². The van der Waals surface area contributed by atoms with Crippen LogP contribution in [0.1, 0.15) is 26.7 Å². The van der Waals surface area contributed by atoms with Crippen LogP contribution >= 0.6 is 0 Å². The Balaban J connectivity index is 2.08. The summed E-state index contributed by atoms with van der Waals surface area (Å²) in [6.45, 7) is 7.30. The van der Waals surface area contributed by atoms with Gasteiger partial charge in [-0.05, 0) is 20.3 Å². The molecule has 2 bridgehead atoms. The maximum atomic E-state index is 9.99. The molecule has 2 aliphatic rings. The third-order valence-corrected chi connectivity index (χ3v) is 2.76.